The first-order valence-corrected chi connectivity index (χ1v) is 4.90. The molecule has 0 saturated carbocycles. The molecule has 1 atom stereocenters. The van der Waals surface area contributed by atoms with E-state index in [0.29, 0.717) is 12.1 Å². The lowest BCUT2D eigenvalue weighted by Crippen LogP contribution is -2.34. The second-order valence-electron chi connectivity index (χ2n) is 3.51. The van der Waals surface area contributed by atoms with Crippen molar-refractivity contribution in [3.8, 4) is 5.75 Å². The average Bonchev–Trinajstić information content (AvgIpc) is 2.22. The van der Waals surface area contributed by atoms with Crippen molar-refractivity contribution in [2.45, 2.75) is 26.3 Å². The molecule has 1 rings (SSSR count). The van der Waals surface area contributed by atoms with Gasteiger partial charge in [0.2, 0.25) is 5.91 Å². The number of nitrogens with one attached hydrogen (secondary N) is 1. The number of hydrogen-bond acceptors (Lipinski definition) is 3. The van der Waals surface area contributed by atoms with E-state index in [1.807, 2.05) is 6.92 Å². The van der Waals surface area contributed by atoms with E-state index >= 15 is 0 Å². The summed E-state index contributed by atoms with van der Waals surface area (Å²) in [6.07, 6.45) is 0.600. The Bertz CT molecular complexity index is 364. The van der Waals surface area contributed by atoms with E-state index in [1.165, 1.54) is 0 Å². The van der Waals surface area contributed by atoms with Gasteiger partial charge in [-0.1, -0.05) is 6.92 Å². The van der Waals surface area contributed by atoms with Gasteiger partial charge in [0.05, 0.1) is 6.04 Å². The Labute approximate surface area is 89.1 Å². The van der Waals surface area contributed by atoms with Crippen LogP contribution in [0.1, 0.15) is 18.9 Å². The average molecular weight is 208 g/mol. The fourth-order valence-corrected chi connectivity index (χ4v) is 1.15. The van der Waals surface area contributed by atoms with Gasteiger partial charge in [-0.2, -0.15) is 0 Å². The smallest absolute Gasteiger partial charge is 0.241 e. The number of aryl methyl sites for hydroxylation is 1. The molecule has 82 valence electrons. The summed E-state index contributed by atoms with van der Waals surface area (Å²) in [5.41, 5.74) is 6.94. The van der Waals surface area contributed by atoms with Crippen LogP contribution in [-0.2, 0) is 4.79 Å². The fraction of sp³-hybridized carbons (Fsp3) is 0.364. The van der Waals surface area contributed by atoms with Gasteiger partial charge in [-0.15, -0.1) is 0 Å². The molecule has 1 amide bonds. The van der Waals surface area contributed by atoms with Gasteiger partial charge in [-0.05, 0) is 37.1 Å². The van der Waals surface area contributed by atoms with Crippen LogP contribution in [-0.4, -0.2) is 17.1 Å². The minimum absolute atomic E-state index is 0.206. The van der Waals surface area contributed by atoms with Crippen LogP contribution >= 0.6 is 0 Å². The predicted molar refractivity (Wildman–Crippen MR) is 59.7 cm³/mol. The van der Waals surface area contributed by atoms with Crippen molar-refractivity contribution in [3.63, 3.8) is 0 Å². The number of hydrogen-bond donors (Lipinski definition) is 3. The Morgan fingerprint density at radius 3 is 2.80 bits per heavy atom. The minimum Gasteiger partial charge on any atom is -0.508 e. The number of aromatic hydroxyl groups is 1. The molecule has 4 nitrogen and oxygen atoms in total. The van der Waals surface area contributed by atoms with Crippen LogP contribution < -0.4 is 11.1 Å². The number of benzene rings is 1. The molecule has 4 heteroatoms. The van der Waals surface area contributed by atoms with Gasteiger partial charge in [0.1, 0.15) is 5.75 Å². The van der Waals surface area contributed by atoms with Crippen LogP contribution in [0, 0.1) is 6.92 Å². The van der Waals surface area contributed by atoms with Gasteiger partial charge in [-0.25, -0.2) is 0 Å². The molecule has 0 aliphatic rings. The van der Waals surface area contributed by atoms with Crippen LogP contribution in [0.15, 0.2) is 18.2 Å². The predicted octanol–water partition coefficient (Wildman–Crippen LogP) is 1.38. The van der Waals surface area contributed by atoms with Gasteiger partial charge in [0, 0.05) is 5.69 Å². The first-order valence-electron chi connectivity index (χ1n) is 4.90. The first-order chi connectivity index (χ1) is 7.04. The van der Waals surface area contributed by atoms with Gasteiger partial charge < -0.3 is 16.2 Å². The maximum absolute atomic E-state index is 11.4. The van der Waals surface area contributed by atoms with E-state index in [9.17, 15) is 9.90 Å². The van der Waals surface area contributed by atoms with Crippen molar-refractivity contribution in [3.05, 3.63) is 23.8 Å². The highest BCUT2D eigenvalue weighted by atomic mass is 16.3. The van der Waals surface area contributed by atoms with E-state index in [0.717, 1.165) is 5.56 Å². The monoisotopic (exact) mass is 208 g/mol. The molecule has 4 N–H and O–H groups in total. The molecule has 0 radical (unpaired) electrons. The van der Waals surface area contributed by atoms with Crippen LogP contribution in [0.4, 0.5) is 5.69 Å². The van der Waals surface area contributed by atoms with Crippen molar-refractivity contribution >= 4 is 11.6 Å². The Morgan fingerprint density at radius 1 is 1.60 bits per heavy atom. The van der Waals surface area contributed by atoms with Crippen LogP contribution in [0.3, 0.4) is 0 Å². The zero-order valence-corrected chi connectivity index (χ0v) is 8.95. The Kier molecular flexibility index (Phi) is 3.68. The maximum atomic E-state index is 11.4. The number of anilines is 1. The largest absolute Gasteiger partial charge is 0.508 e. The lowest BCUT2D eigenvalue weighted by atomic mass is 10.2. The molecule has 0 saturated heterocycles. The third kappa shape index (κ3) is 2.95. The van der Waals surface area contributed by atoms with Gasteiger partial charge >= 0.3 is 0 Å². The molecule has 0 aromatic heterocycles. The van der Waals surface area contributed by atoms with Crippen molar-refractivity contribution < 1.29 is 9.90 Å². The molecule has 0 aliphatic heterocycles. The highest BCUT2D eigenvalue weighted by Crippen LogP contribution is 2.20. The lowest BCUT2D eigenvalue weighted by Gasteiger charge is -2.10. The molecular formula is C11H16N2O2. The van der Waals surface area contributed by atoms with Gasteiger partial charge in [0.15, 0.2) is 0 Å². The van der Waals surface area contributed by atoms with Crippen molar-refractivity contribution in [1.29, 1.82) is 0 Å². The summed E-state index contributed by atoms with van der Waals surface area (Å²) in [5, 5.41) is 12.0. The molecule has 0 heterocycles. The zero-order chi connectivity index (χ0) is 11.4. The molecule has 0 spiro atoms. The summed E-state index contributed by atoms with van der Waals surface area (Å²) in [4.78, 5) is 11.4. The first kappa shape index (κ1) is 11.5. The molecule has 0 bridgehead atoms. The summed E-state index contributed by atoms with van der Waals surface area (Å²) in [6.45, 7) is 3.62. The Balaban J connectivity index is 2.73. The highest BCUT2D eigenvalue weighted by molar-refractivity contribution is 5.94. The minimum atomic E-state index is -0.487. The molecule has 1 aromatic carbocycles. The molecule has 1 aromatic rings. The van der Waals surface area contributed by atoms with Crippen LogP contribution in [0.25, 0.3) is 0 Å². The third-order valence-electron chi connectivity index (χ3n) is 2.24. The summed E-state index contributed by atoms with van der Waals surface area (Å²) in [5.74, 6) is 0.00961. The quantitative estimate of drug-likeness (QED) is 0.657. The molecule has 0 unspecified atom stereocenters. The second kappa shape index (κ2) is 4.79. The summed E-state index contributed by atoms with van der Waals surface area (Å²) < 4.78 is 0. The van der Waals surface area contributed by atoms with Crippen LogP contribution in [0.5, 0.6) is 5.75 Å². The number of rotatable bonds is 3. The van der Waals surface area contributed by atoms with E-state index in [1.54, 1.807) is 25.1 Å². The van der Waals surface area contributed by atoms with E-state index in [-0.39, 0.29) is 11.7 Å². The third-order valence-corrected chi connectivity index (χ3v) is 2.24. The Morgan fingerprint density at radius 2 is 2.27 bits per heavy atom. The molecule has 0 aliphatic carbocycles. The summed E-state index contributed by atoms with van der Waals surface area (Å²) in [7, 11) is 0. The second-order valence-corrected chi connectivity index (χ2v) is 3.51. The van der Waals surface area contributed by atoms with E-state index in [2.05, 4.69) is 5.32 Å². The van der Waals surface area contributed by atoms with Gasteiger partial charge in [0.25, 0.3) is 0 Å². The SMILES string of the molecule is CC[C@H](N)C(=O)Nc1ccc(O)c(C)c1. The van der Waals surface area contributed by atoms with Crippen LogP contribution in [0.2, 0.25) is 0 Å². The summed E-state index contributed by atoms with van der Waals surface area (Å²) >= 11 is 0. The number of phenols is 1. The summed E-state index contributed by atoms with van der Waals surface area (Å²) in [6, 6.07) is 4.40. The molecular weight excluding hydrogens is 192 g/mol. The molecule has 15 heavy (non-hydrogen) atoms. The molecule has 0 fully saturated rings. The van der Waals surface area contributed by atoms with Gasteiger partial charge in [-0.3, -0.25) is 4.79 Å². The Hall–Kier alpha value is -1.55. The number of phenolic OH excluding ortho intramolecular Hbond substituents is 1. The standard InChI is InChI=1S/C11H16N2O2/c1-3-9(12)11(15)13-8-4-5-10(14)7(2)6-8/h4-6,9,14H,3,12H2,1-2H3,(H,13,15)/t9-/m0/s1. The zero-order valence-electron chi connectivity index (χ0n) is 8.95. The lowest BCUT2D eigenvalue weighted by molar-refractivity contribution is -0.117. The fourth-order valence-electron chi connectivity index (χ4n) is 1.15. The highest BCUT2D eigenvalue weighted by Gasteiger charge is 2.11. The normalized spacial score (nSPS) is 12.2. The van der Waals surface area contributed by atoms with Crippen molar-refractivity contribution in [2.75, 3.05) is 5.32 Å². The number of nitrogens with two attached hydrogens (primary N) is 1. The van der Waals surface area contributed by atoms with Crippen molar-refractivity contribution in [2.24, 2.45) is 5.73 Å². The maximum Gasteiger partial charge on any atom is 0.241 e. The van der Waals surface area contributed by atoms with Crippen molar-refractivity contribution in [1.82, 2.24) is 0 Å². The topological polar surface area (TPSA) is 75.4 Å². The number of amides is 1. The number of carbonyl (C=O) groups is 1. The van der Waals surface area contributed by atoms with E-state index in [4.69, 9.17) is 5.73 Å². The van der Waals surface area contributed by atoms with E-state index < -0.39 is 6.04 Å². The number of carbonyl (C=O) groups excluding carboxylic acids is 1.